The topological polar surface area (TPSA) is 104 Å². The third-order valence-electron chi connectivity index (χ3n) is 3.62. The number of carbonyl (C=O) groups is 1. The van der Waals surface area contributed by atoms with Crippen molar-refractivity contribution in [3.05, 3.63) is 72.9 Å². The predicted octanol–water partition coefficient (Wildman–Crippen LogP) is 3.24. The van der Waals surface area contributed by atoms with E-state index in [4.69, 9.17) is 4.74 Å². The zero-order valence-electron chi connectivity index (χ0n) is 12.9. The fraction of sp³-hybridized carbons (Fsp3) is 0.0625. The summed E-state index contributed by atoms with van der Waals surface area (Å²) in [5, 5.41) is 13.2. The third kappa shape index (κ3) is 2.95. The van der Waals surface area contributed by atoms with Gasteiger partial charge in [-0.3, -0.25) is 19.3 Å². The number of nitrogens with zero attached hydrogens (tertiary/aromatic N) is 3. The van der Waals surface area contributed by atoms with Gasteiger partial charge in [0, 0.05) is 39.9 Å². The number of rotatable bonds is 4. The molecule has 10 heteroatoms. The highest BCUT2D eigenvalue weighted by Crippen LogP contribution is 2.29. The van der Waals surface area contributed by atoms with Crippen molar-refractivity contribution < 1.29 is 14.5 Å². The summed E-state index contributed by atoms with van der Waals surface area (Å²) in [5.41, 5.74) is 0.0863. The molecule has 0 N–H and O–H groups in total. The summed E-state index contributed by atoms with van der Waals surface area (Å²) in [5.74, 6) is -0.568. The lowest BCUT2D eigenvalue weighted by atomic mass is 10.2. The molecule has 0 saturated heterocycles. The Balaban J connectivity index is 1.54. The Labute approximate surface area is 153 Å². The van der Waals surface area contributed by atoms with E-state index in [1.807, 2.05) is 0 Å². The molecule has 130 valence electrons. The molecule has 0 aliphatic heterocycles. The Morgan fingerprint density at radius 3 is 2.96 bits per heavy atom. The van der Waals surface area contributed by atoms with Crippen LogP contribution in [0, 0.1) is 10.1 Å². The summed E-state index contributed by atoms with van der Waals surface area (Å²) in [6.45, 7) is -0.128. The van der Waals surface area contributed by atoms with Gasteiger partial charge in [-0.1, -0.05) is 0 Å². The fourth-order valence-corrected chi connectivity index (χ4v) is 4.09. The SMILES string of the molecule is O=C(OCc1cc(=O)n2ccsc2n1)c1cc2cc([N+](=O)[O-])ccc2s1. The number of esters is 1. The van der Waals surface area contributed by atoms with Crippen LogP contribution in [-0.2, 0) is 11.3 Å². The minimum atomic E-state index is -0.568. The van der Waals surface area contributed by atoms with Crippen molar-refractivity contribution >= 4 is 49.4 Å². The molecule has 4 rings (SSSR count). The second-order valence-corrected chi connectivity index (χ2v) is 7.26. The average Bonchev–Trinajstić information content (AvgIpc) is 3.25. The lowest BCUT2D eigenvalue weighted by Gasteiger charge is -2.02. The minimum absolute atomic E-state index is 0.0378. The Morgan fingerprint density at radius 1 is 1.31 bits per heavy atom. The summed E-state index contributed by atoms with van der Waals surface area (Å²) in [6, 6.07) is 7.28. The normalized spacial score (nSPS) is 11.1. The number of hydrogen-bond acceptors (Lipinski definition) is 8. The minimum Gasteiger partial charge on any atom is -0.455 e. The summed E-state index contributed by atoms with van der Waals surface area (Å²) in [6.07, 6.45) is 1.63. The molecule has 8 nitrogen and oxygen atoms in total. The van der Waals surface area contributed by atoms with E-state index >= 15 is 0 Å². The molecule has 0 bridgehead atoms. The fourth-order valence-electron chi connectivity index (χ4n) is 2.42. The molecule has 3 heterocycles. The van der Waals surface area contributed by atoms with Crippen LogP contribution in [0.3, 0.4) is 0 Å². The van der Waals surface area contributed by atoms with Gasteiger partial charge in [0.05, 0.1) is 10.6 Å². The molecule has 0 atom stereocenters. The number of carbonyl (C=O) groups excluding carboxylic acids is 1. The first kappa shape index (κ1) is 16.4. The zero-order valence-corrected chi connectivity index (χ0v) is 14.6. The molecule has 0 fully saturated rings. The largest absolute Gasteiger partial charge is 0.455 e. The molecule has 0 unspecified atom stereocenters. The van der Waals surface area contributed by atoms with E-state index < -0.39 is 10.9 Å². The van der Waals surface area contributed by atoms with Crippen LogP contribution >= 0.6 is 22.7 Å². The lowest BCUT2D eigenvalue weighted by molar-refractivity contribution is -0.384. The molecule has 0 amide bonds. The summed E-state index contributed by atoms with van der Waals surface area (Å²) < 4.78 is 7.39. The summed E-state index contributed by atoms with van der Waals surface area (Å²) >= 11 is 2.50. The molecular weight excluding hydrogens is 378 g/mol. The van der Waals surface area contributed by atoms with Gasteiger partial charge in [-0.2, -0.15) is 0 Å². The van der Waals surface area contributed by atoms with E-state index in [-0.39, 0.29) is 17.9 Å². The van der Waals surface area contributed by atoms with Crippen molar-refractivity contribution in [2.75, 3.05) is 0 Å². The van der Waals surface area contributed by atoms with Crippen molar-refractivity contribution in [1.29, 1.82) is 0 Å². The first-order valence-electron chi connectivity index (χ1n) is 7.32. The van der Waals surface area contributed by atoms with Crippen LogP contribution in [0.4, 0.5) is 5.69 Å². The van der Waals surface area contributed by atoms with Crippen molar-refractivity contribution in [3.63, 3.8) is 0 Å². The smallest absolute Gasteiger partial charge is 0.348 e. The number of thiophene rings is 1. The summed E-state index contributed by atoms with van der Waals surface area (Å²) in [7, 11) is 0. The van der Waals surface area contributed by atoms with E-state index in [0.717, 1.165) is 4.70 Å². The quantitative estimate of drug-likeness (QED) is 0.302. The van der Waals surface area contributed by atoms with Crippen LogP contribution in [0.5, 0.6) is 0 Å². The van der Waals surface area contributed by atoms with Gasteiger partial charge >= 0.3 is 5.97 Å². The van der Waals surface area contributed by atoms with E-state index in [1.165, 1.54) is 45.3 Å². The van der Waals surface area contributed by atoms with E-state index in [9.17, 15) is 19.7 Å². The maximum atomic E-state index is 12.3. The first-order chi connectivity index (χ1) is 12.5. The van der Waals surface area contributed by atoms with Gasteiger partial charge in [-0.05, 0) is 12.1 Å². The average molecular weight is 387 g/mol. The molecule has 1 aromatic carbocycles. The number of nitro benzene ring substituents is 1. The highest BCUT2D eigenvalue weighted by Gasteiger charge is 2.15. The molecule has 0 aliphatic carbocycles. The third-order valence-corrected chi connectivity index (χ3v) is 5.47. The maximum Gasteiger partial charge on any atom is 0.348 e. The number of benzene rings is 1. The van der Waals surface area contributed by atoms with E-state index in [2.05, 4.69) is 4.98 Å². The Hall–Kier alpha value is -3.11. The molecule has 0 spiro atoms. The van der Waals surface area contributed by atoms with Crippen molar-refractivity contribution in [2.45, 2.75) is 6.61 Å². The number of thiazole rings is 1. The van der Waals surface area contributed by atoms with Gasteiger partial charge < -0.3 is 4.74 Å². The number of ether oxygens (including phenoxy) is 1. The zero-order chi connectivity index (χ0) is 18.3. The number of hydrogen-bond donors (Lipinski definition) is 0. The molecule has 0 aliphatic rings. The van der Waals surface area contributed by atoms with Crippen LogP contribution in [-0.4, -0.2) is 20.3 Å². The highest BCUT2D eigenvalue weighted by molar-refractivity contribution is 7.20. The maximum absolute atomic E-state index is 12.3. The molecule has 26 heavy (non-hydrogen) atoms. The molecule has 3 aromatic heterocycles. The number of non-ortho nitro benzene ring substituents is 1. The summed E-state index contributed by atoms with van der Waals surface area (Å²) in [4.78, 5) is 39.6. The van der Waals surface area contributed by atoms with Crippen LogP contribution in [0.15, 0.2) is 46.7 Å². The standard InChI is InChI=1S/C16H9N3O5S2/c20-14-7-10(17-16-18(14)3-4-25-16)8-24-15(21)13-6-9-5-11(19(22)23)1-2-12(9)26-13/h1-7H,8H2. The van der Waals surface area contributed by atoms with E-state index in [1.54, 1.807) is 23.7 Å². The van der Waals surface area contributed by atoms with Gasteiger partial charge in [0.15, 0.2) is 4.96 Å². The molecule has 4 aromatic rings. The van der Waals surface area contributed by atoms with Gasteiger partial charge in [-0.15, -0.1) is 22.7 Å². The van der Waals surface area contributed by atoms with Crippen LogP contribution in [0.2, 0.25) is 0 Å². The molecular formula is C16H9N3O5S2. The highest BCUT2D eigenvalue weighted by atomic mass is 32.1. The van der Waals surface area contributed by atoms with Crippen LogP contribution < -0.4 is 5.56 Å². The van der Waals surface area contributed by atoms with Crippen LogP contribution in [0.1, 0.15) is 15.4 Å². The Bertz CT molecular complexity index is 1220. The molecule has 0 saturated carbocycles. The van der Waals surface area contributed by atoms with Crippen molar-refractivity contribution in [1.82, 2.24) is 9.38 Å². The first-order valence-corrected chi connectivity index (χ1v) is 9.02. The lowest BCUT2D eigenvalue weighted by Crippen LogP contribution is -2.14. The van der Waals surface area contributed by atoms with Crippen LogP contribution in [0.25, 0.3) is 15.0 Å². The predicted molar refractivity (Wildman–Crippen MR) is 96.9 cm³/mol. The number of aromatic nitrogens is 2. The molecule has 0 radical (unpaired) electrons. The van der Waals surface area contributed by atoms with Gasteiger partial charge in [0.1, 0.15) is 11.5 Å². The second-order valence-electron chi connectivity index (χ2n) is 5.31. The van der Waals surface area contributed by atoms with E-state index in [0.29, 0.717) is 20.9 Å². The Morgan fingerprint density at radius 2 is 2.15 bits per heavy atom. The van der Waals surface area contributed by atoms with Gasteiger partial charge in [-0.25, -0.2) is 9.78 Å². The van der Waals surface area contributed by atoms with Gasteiger partial charge in [0.2, 0.25) is 0 Å². The van der Waals surface area contributed by atoms with Gasteiger partial charge in [0.25, 0.3) is 11.2 Å². The second kappa shape index (κ2) is 6.32. The number of nitro groups is 1. The number of fused-ring (bicyclic) bond motifs is 2. The van der Waals surface area contributed by atoms with Crippen molar-refractivity contribution in [3.8, 4) is 0 Å². The Kier molecular flexibility index (Phi) is 3.98. The monoisotopic (exact) mass is 387 g/mol. The van der Waals surface area contributed by atoms with Crippen molar-refractivity contribution in [2.24, 2.45) is 0 Å².